The largest absolute Gasteiger partial charge is 0.393 e. The van der Waals surface area contributed by atoms with Crippen molar-refractivity contribution in [3.05, 3.63) is 20.8 Å². The van der Waals surface area contributed by atoms with Crippen molar-refractivity contribution in [2.24, 2.45) is 5.92 Å². The van der Waals surface area contributed by atoms with Crippen molar-refractivity contribution < 1.29 is 5.11 Å². The van der Waals surface area contributed by atoms with E-state index in [1.54, 1.807) is 11.3 Å². The molecule has 3 heteroatoms. The second-order valence-corrected chi connectivity index (χ2v) is 5.06. The zero-order valence-corrected chi connectivity index (χ0v) is 9.65. The highest BCUT2D eigenvalue weighted by Crippen LogP contribution is 2.23. The van der Waals surface area contributed by atoms with Gasteiger partial charge in [0.05, 0.1) is 6.10 Å². The van der Waals surface area contributed by atoms with Gasteiger partial charge in [-0.25, -0.2) is 0 Å². The Hall–Kier alpha value is 0.140. The van der Waals surface area contributed by atoms with Crippen molar-refractivity contribution in [2.75, 3.05) is 0 Å². The third kappa shape index (κ3) is 2.88. The molecule has 1 nitrogen and oxygen atoms in total. The Bertz CT molecular complexity index is 244. The average molecular weight is 249 g/mol. The Morgan fingerprint density at radius 2 is 2.25 bits per heavy atom. The lowest BCUT2D eigenvalue weighted by Gasteiger charge is -2.12. The molecule has 1 rings (SSSR count). The molecule has 12 heavy (non-hydrogen) atoms. The quantitative estimate of drug-likeness (QED) is 0.872. The Kier molecular flexibility index (Phi) is 3.75. The summed E-state index contributed by atoms with van der Waals surface area (Å²) in [4.78, 5) is 1.33. The van der Waals surface area contributed by atoms with E-state index in [0.29, 0.717) is 5.92 Å². The van der Waals surface area contributed by atoms with E-state index in [1.807, 2.05) is 6.92 Å². The van der Waals surface area contributed by atoms with Crippen LogP contribution in [0.1, 0.15) is 18.7 Å². The molecular formula is C9H13BrOS. The molecule has 0 bridgehead atoms. The maximum atomic E-state index is 9.28. The van der Waals surface area contributed by atoms with E-state index in [2.05, 4.69) is 34.3 Å². The van der Waals surface area contributed by atoms with Crippen LogP contribution >= 0.6 is 27.3 Å². The monoisotopic (exact) mass is 248 g/mol. The Balaban J connectivity index is 2.52. The molecule has 0 saturated carbocycles. The van der Waals surface area contributed by atoms with Crippen LogP contribution in [0.4, 0.5) is 0 Å². The highest BCUT2D eigenvalue weighted by molar-refractivity contribution is 9.10. The van der Waals surface area contributed by atoms with Crippen molar-refractivity contribution in [2.45, 2.75) is 26.4 Å². The molecule has 1 heterocycles. The van der Waals surface area contributed by atoms with Gasteiger partial charge in [-0.15, -0.1) is 11.3 Å². The molecule has 0 aliphatic carbocycles. The second kappa shape index (κ2) is 4.40. The Labute approximate surface area is 85.6 Å². The highest BCUT2D eigenvalue weighted by atomic mass is 79.9. The first-order valence-corrected chi connectivity index (χ1v) is 5.68. The third-order valence-electron chi connectivity index (χ3n) is 1.97. The third-order valence-corrected chi connectivity index (χ3v) is 3.69. The summed E-state index contributed by atoms with van der Waals surface area (Å²) >= 11 is 5.14. The van der Waals surface area contributed by atoms with Gasteiger partial charge in [-0.3, -0.25) is 0 Å². The number of aliphatic hydroxyl groups excluding tert-OH is 1. The predicted octanol–water partition coefficient (Wildman–Crippen LogP) is 3.07. The van der Waals surface area contributed by atoms with E-state index < -0.39 is 0 Å². The van der Waals surface area contributed by atoms with E-state index in [9.17, 15) is 5.11 Å². The summed E-state index contributed by atoms with van der Waals surface area (Å²) < 4.78 is 1.14. The lowest BCUT2D eigenvalue weighted by molar-refractivity contribution is 0.135. The van der Waals surface area contributed by atoms with Gasteiger partial charge >= 0.3 is 0 Å². The van der Waals surface area contributed by atoms with Crippen LogP contribution < -0.4 is 0 Å². The number of aliphatic hydroxyl groups is 1. The number of hydrogen-bond donors (Lipinski definition) is 1. The van der Waals surface area contributed by atoms with E-state index in [1.165, 1.54) is 4.88 Å². The highest BCUT2D eigenvalue weighted by Gasteiger charge is 2.10. The van der Waals surface area contributed by atoms with Crippen molar-refractivity contribution in [3.63, 3.8) is 0 Å². The first-order chi connectivity index (χ1) is 5.59. The summed E-state index contributed by atoms with van der Waals surface area (Å²) in [6, 6.07) is 2.11. The fraction of sp³-hybridized carbons (Fsp3) is 0.556. The zero-order chi connectivity index (χ0) is 9.14. The van der Waals surface area contributed by atoms with Crippen molar-refractivity contribution in [1.82, 2.24) is 0 Å². The molecule has 1 aromatic rings. The first-order valence-electron chi connectivity index (χ1n) is 4.00. The minimum absolute atomic E-state index is 0.217. The molecule has 0 aliphatic rings. The summed E-state index contributed by atoms with van der Waals surface area (Å²) in [6.45, 7) is 3.91. The Morgan fingerprint density at radius 1 is 1.58 bits per heavy atom. The van der Waals surface area contributed by atoms with Gasteiger partial charge in [0.2, 0.25) is 0 Å². The van der Waals surface area contributed by atoms with Crippen LogP contribution in [0.15, 0.2) is 15.9 Å². The number of hydrogen-bond acceptors (Lipinski definition) is 2. The van der Waals surface area contributed by atoms with Crippen LogP contribution in [0.25, 0.3) is 0 Å². The van der Waals surface area contributed by atoms with Crippen LogP contribution in [-0.2, 0) is 6.42 Å². The molecule has 0 spiro atoms. The zero-order valence-electron chi connectivity index (χ0n) is 7.25. The summed E-state index contributed by atoms with van der Waals surface area (Å²) in [5.41, 5.74) is 0. The summed E-state index contributed by atoms with van der Waals surface area (Å²) in [5, 5.41) is 11.4. The summed E-state index contributed by atoms with van der Waals surface area (Å²) in [5.74, 6) is 0.343. The van der Waals surface area contributed by atoms with Crippen molar-refractivity contribution >= 4 is 27.3 Å². The second-order valence-electron chi connectivity index (χ2n) is 3.15. The molecule has 2 unspecified atom stereocenters. The van der Waals surface area contributed by atoms with Crippen LogP contribution in [0, 0.1) is 5.92 Å². The van der Waals surface area contributed by atoms with Gasteiger partial charge in [0.25, 0.3) is 0 Å². The minimum Gasteiger partial charge on any atom is -0.393 e. The minimum atomic E-state index is -0.217. The Morgan fingerprint density at radius 3 is 2.67 bits per heavy atom. The molecule has 0 radical (unpaired) electrons. The lowest BCUT2D eigenvalue weighted by atomic mass is 10.0. The molecule has 1 N–H and O–H groups in total. The molecule has 0 amide bonds. The van der Waals surface area contributed by atoms with Gasteiger partial charge in [0.15, 0.2) is 0 Å². The lowest BCUT2D eigenvalue weighted by Crippen LogP contribution is -2.14. The molecule has 0 saturated heterocycles. The molecule has 68 valence electrons. The van der Waals surface area contributed by atoms with E-state index in [0.717, 1.165) is 10.9 Å². The average Bonchev–Trinajstić information content (AvgIpc) is 2.35. The SMILES string of the molecule is CC(O)C(C)Cc1cc(Br)cs1. The van der Waals surface area contributed by atoms with E-state index >= 15 is 0 Å². The van der Waals surface area contributed by atoms with Gasteiger partial charge < -0.3 is 5.11 Å². The van der Waals surface area contributed by atoms with Crippen LogP contribution in [0.3, 0.4) is 0 Å². The molecule has 2 atom stereocenters. The fourth-order valence-electron chi connectivity index (χ4n) is 0.949. The number of rotatable bonds is 3. The van der Waals surface area contributed by atoms with Gasteiger partial charge in [-0.2, -0.15) is 0 Å². The van der Waals surface area contributed by atoms with Gasteiger partial charge in [-0.05, 0) is 41.3 Å². The van der Waals surface area contributed by atoms with Gasteiger partial charge in [-0.1, -0.05) is 6.92 Å². The molecular weight excluding hydrogens is 236 g/mol. The topological polar surface area (TPSA) is 20.2 Å². The van der Waals surface area contributed by atoms with Crippen molar-refractivity contribution in [3.8, 4) is 0 Å². The number of thiophene rings is 1. The van der Waals surface area contributed by atoms with Crippen molar-refractivity contribution in [1.29, 1.82) is 0 Å². The molecule has 0 aromatic carbocycles. The van der Waals surface area contributed by atoms with Gasteiger partial charge in [0, 0.05) is 14.7 Å². The molecule has 1 aromatic heterocycles. The van der Waals surface area contributed by atoms with E-state index in [-0.39, 0.29) is 6.10 Å². The van der Waals surface area contributed by atoms with Crippen LogP contribution in [0.2, 0.25) is 0 Å². The van der Waals surface area contributed by atoms with Gasteiger partial charge in [0.1, 0.15) is 0 Å². The number of halogens is 1. The van der Waals surface area contributed by atoms with Crippen LogP contribution in [0.5, 0.6) is 0 Å². The maximum absolute atomic E-state index is 9.28. The first kappa shape index (κ1) is 10.2. The van der Waals surface area contributed by atoms with E-state index in [4.69, 9.17) is 0 Å². The van der Waals surface area contributed by atoms with Crippen LogP contribution in [-0.4, -0.2) is 11.2 Å². The summed E-state index contributed by atoms with van der Waals surface area (Å²) in [6.07, 6.45) is 0.749. The molecule has 0 fully saturated rings. The fourth-order valence-corrected chi connectivity index (χ4v) is 2.54. The maximum Gasteiger partial charge on any atom is 0.0541 e. The predicted molar refractivity (Wildman–Crippen MR) is 56.6 cm³/mol. The standard InChI is InChI=1S/C9H13BrOS/c1-6(7(2)11)3-9-4-8(10)5-12-9/h4-7,11H,3H2,1-2H3. The smallest absolute Gasteiger partial charge is 0.0541 e. The normalized spacial score (nSPS) is 16.0. The molecule has 0 aliphatic heterocycles. The summed E-state index contributed by atoms with van der Waals surface area (Å²) in [7, 11) is 0.